The van der Waals surface area contributed by atoms with E-state index < -0.39 is 0 Å². The lowest BCUT2D eigenvalue weighted by Crippen LogP contribution is -2.20. The van der Waals surface area contributed by atoms with Crippen LogP contribution >= 0.6 is 0 Å². The Hall–Kier alpha value is -1.69. The van der Waals surface area contributed by atoms with E-state index in [0.29, 0.717) is 0 Å². The van der Waals surface area contributed by atoms with E-state index in [1.165, 1.54) is 0 Å². The predicted octanol–water partition coefficient (Wildman–Crippen LogP) is -0.153. The third-order valence-electron chi connectivity index (χ3n) is 2.17. The van der Waals surface area contributed by atoms with Crippen LogP contribution in [0.5, 0.6) is 0 Å². The molecule has 0 aliphatic carbocycles. The van der Waals surface area contributed by atoms with Crippen molar-refractivity contribution >= 4 is 0 Å². The van der Waals surface area contributed by atoms with Crippen LogP contribution < -0.4 is 5.32 Å². The highest BCUT2D eigenvalue weighted by Gasteiger charge is 2.17. The lowest BCUT2D eigenvalue weighted by Gasteiger charge is -2.12. The van der Waals surface area contributed by atoms with Gasteiger partial charge in [0.05, 0.1) is 17.9 Å². The highest BCUT2D eigenvalue weighted by molar-refractivity contribution is 5.18. The van der Waals surface area contributed by atoms with E-state index in [2.05, 4.69) is 25.8 Å². The van der Waals surface area contributed by atoms with Gasteiger partial charge in [0.1, 0.15) is 5.69 Å². The molecular weight excluding hydrogens is 180 g/mol. The highest BCUT2D eigenvalue weighted by Crippen LogP contribution is 2.17. The molecule has 2 N–H and O–H groups in total. The fraction of sp³-hybridized carbons (Fsp3) is 0.375. The molecule has 14 heavy (non-hydrogen) atoms. The fourth-order valence-corrected chi connectivity index (χ4v) is 1.46. The summed E-state index contributed by atoms with van der Waals surface area (Å²) in [5.41, 5.74) is 1.91. The van der Waals surface area contributed by atoms with E-state index >= 15 is 0 Å². The summed E-state index contributed by atoms with van der Waals surface area (Å²) >= 11 is 0. The summed E-state index contributed by atoms with van der Waals surface area (Å²) in [5.74, 6) is 0. The van der Waals surface area contributed by atoms with Gasteiger partial charge in [-0.3, -0.25) is 4.68 Å². The van der Waals surface area contributed by atoms with Gasteiger partial charge >= 0.3 is 0 Å². The van der Waals surface area contributed by atoms with Gasteiger partial charge in [0, 0.05) is 13.2 Å². The van der Waals surface area contributed by atoms with Crippen LogP contribution in [0, 0.1) is 0 Å². The minimum absolute atomic E-state index is 0.0289. The molecule has 2 rings (SSSR count). The van der Waals surface area contributed by atoms with Crippen LogP contribution in [0.2, 0.25) is 0 Å². The molecule has 74 valence electrons. The first-order chi connectivity index (χ1) is 6.83. The SMILES string of the molecule is CNC(c1cn[nH]n1)c1ccnn1C. The Morgan fingerprint density at radius 2 is 2.43 bits per heavy atom. The predicted molar refractivity (Wildman–Crippen MR) is 50.5 cm³/mol. The molecule has 2 aromatic heterocycles. The first kappa shape index (κ1) is 8.89. The zero-order valence-corrected chi connectivity index (χ0v) is 8.10. The van der Waals surface area contributed by atoms with Gasteiger partial charge < -0.3 is 5.32 Å². The molecule has 1 unspecified atom stereocenters. The normalized spacial score (nSPS) is 13.0. The molecule has 0 saturated carbocycles. The molecule has 0 spiro atoms. The molecule has 0 bridgehead atoms. The third kappa shape index (κ3) is 1.39. The van der Waals surface area contributed by atoms with Crippen molar-refractivity contribution in [2.24, 2.45) is 7.05 Å². The summed E-state index contributed by atoms with van der Waals surface area (Å²) in [4.78, 5) is 0. The van der Waals surface area contributed by atoms with Gasteiger partial charge in [-0.25, -0.2) is 0 Å². The van der Waals surface area contributed by atoms with Crippen molar-refractivity contribution in [2.45, 2.75) is 6.04 Å². The monoisotopic (exact) mass is 192 g/mol. The number of rotatable bonds is 3. The molecule has 0 aromatic carbocycles. The van der Waals surface area contributed by atoms with Crippen LogP contribution in [-0.4, -0.2) is 32.2 Å². The molecule has 6 nitrogen and oxygen atoms in total. The van der Waals surface area contributed by atoms with Gasteiger partial charge in [-0.1, -0.05) is 0 Å². The molecule has 2 aromatic rings. The lowest BCUT2D eigenvalue weighted by molar-refractivity contribution is 0.593. The molecular formula is C8H12N6. The molecule has 6 heteroatoms. The minimum Gasteiger partial charge on any atom is -0.307 e. The lowest BCUT2D eigenvalue weighted by atomic mass is 10.1. The van der Waals surface area contributed by atoms with Crippen molar-refractivity contribution in [3.8, 4) is 0 Å². The molecule has 0 radical (unpaired) electrons. The van der Waals surface area contributed by atoms with E-state index in [9.17, 15) is 0 Å². The smallest absolute Gasteiger partial charge is 0.105 e. The first-order valence-corrected chi connectivity index (χ1v) is 4.33. The molecule has 0 aliphatic heterocycles. The van der Waals surface area contributed by atoms with Gasteiger partial charge in [0.25, 0.3) is 0 Å². The van der Waals surface area contributed by atoms with E-state index in [4.69, 9.17) is 0 Å². The van der Waals surface area contributed by atoms with Crippen molar-refractivity contribution in [3.63, 3.8) is 0 Å². The zero-order valence-electron chi connectivity index (χ0n) is 8.10. The van der Waals surface area contributed by atoms with E-state index in [0.717, 1.165) is 11.4 Å². The Balaban J connectivity index is 2.36. The summed E-state index contributed by atoms with van der Waals surface area (Å²) in [6.45, 7) is 0. The first-order valence-electron chi connectivity index (χ1n) is 4.33. The maximum absolute atomic E-state index is 4.11. The quantitative estimate of drug-likeness (QED) is 0.709. The van der Waals surface area contributed by atoms with Crippen molar-refractivity contribution in [1.82, 2.24) is 30.5 Å². The maximum atomic E-state index is 4.11. The molecule has 0 saturated heterocycles. The summed E-state index contributed by atoms with van der Waals surface area (Å²) < 4.78 is 1.82. The number of hydrogen-bond donors (Lipinski definition) is 2. The van der Waals surface area contributed by atoms with E-state index in [1.54, 1.807) is 12.4 Å². The fourth-order valence-electron chi connectivity index (χ4n) is 1.46. The van der Waals surface area contributed by atoms with E-state index in [1.807, 2.05) is 24.8 Å². The average Bonchev–Trinajstić information content (AvgIpc) is 2.80. The highest BCUT2D eigenvalue weighted by atomic mass is 15.3. The molecule has 0 fully saturated rings. The standard InChI is InChI=1S/C8H12N6/c1-9-8(6-5-10-13-12-6)7-3-4-11-14(7)2/h3-5,8-9H,1-2H3,(H,10,12,13). The number of H-pyrrole nitrogens is 1. The summed E-state index contributed by atoms with van der Waals surface area (Å²) in [6.07, 6.45) is 3.47. The number of nitrogens with zero attached hydrogens (tertiary/aromatic N) is 4. The van der Waals surface area contributed by atoms with Gasteiger partial charge in [-0.15, -0.1) is 0 Å². The molecule has 0 amide bonds. The second-order valence-corrected chi connectivity index (χ2v) is 3.00. The van der Waals surface area contributed by atoms with Crippen LogP contribution in [0.25, 0.3) is 0 Å². The number of hydrogen-bond acceptors (Lipinski definition) is 4. The minimum atomic E-state index is 0.0289. The number of aromatic amines is 1. The Labute approximate surface area is 81.3 Å². The summed E-state index contributed by atoms with van der Waals surface area (Å²) in [5, 5.41) is 17.7. The van der Waals surface area contributed by atoms with Crippen LogP contribution in [0.15, 0.2) is 18.5 Å². The van der Waals surface area contributed by atoms with Crippen LogP contribution in [0.4, 0.5) is 0 Å². The molecule has 2 heterocycles. The van der Waals surface area contributed by atoms with Gasteiger partial charge in [-0.2, -0.15) is 20.5 Å². The van der Waals surface area contributed by atoms with Crippen LogP contribution in [0.1, 0.15) is 17.4 Å². The number of aryl methyl sites for hydroxylation is 1. The topological polar surface area (TPSA) is 71.4 Å². The van der Waals surface area contributed by atoms with Crippen molar-refractivity contribution in [3.05, 3.63) is 29.8 Å². The Kier molecular flexibility index (Phi) is 2.28. The second kappa shape index (κ2) is 3.59. The van der Waals surface area contributed by atoms with Crippen LogP contribution in [-0.2, 0) is 7.05 Å². The maximum Gasteiger partial charge on any atom is 0.105 e. The summed E-state index contributed by atoms with van der Waals surface area (Å²) in [6, 6.07) is 1.98. The molecule has 0 aliphatic rings. The number of aromatic nitrogens is 5. The largest absolute Gasteiger partial charge is 0.307 e. The Morgan fingerprint density at radius 1 is 1.57 bits per heavy atom. The van der Waals surface area contributed by atoms with Crippen molar-refractivity contribution < 1.29 is 0 Å². The van der Waals surface area contributed by atoms with Crippen molar-refractivity contribution in [2.75, 3.05) is 7.05 Å². The summed E-state index contributed by atoms with van der Waals surface area (Å²) in [7, 11) is 3.78. The van der Waals surface area contributed by atoms with Crippen molar-refractivity contribution in [1.29, 1.82) is 0 Å². The number of nitrogens with one attached hydrogen (secondary N) is 2. The Morgan fingerprint density at radius 3 is 2.93 bits per heavy atom. The van der Waals surface area contributed by atoms with E-state index in [-0.39, 0.29) is 6.04 Å². The van der Waals surface area contributed by atoms with Crippen LogP contribution in [0.3, 0.4) is 0 Å². The average molecular weight is 192 g/mol. The van der Waals surface area contributed by atoms with Gasteiger partial charge in [0.2, 0.25) is 0 Å². The zero-order chi connectivity index (χ0) is 9.97. The Bertz CT molecular complexity index is 390. The van der Waals surface area contributed by atoms with Gasteiger partial charge in [-0.05, 0) is 13.1 Å². The second-order valence-electron chi connectivity index (χ2n) is 3.00. The molecule has 1 atom stereocenters. The third-order valence-corrected chi connectivity index (χ3v) is 2.17. The van der Waals surface area contributed by atoms with Gasteiger partial charge in [0.15, 0.2) is 0 Å².